The number of ether oxygens (including phenoxy) is 1. The minimum Gasteiger partial charge on any atom is -0.456 e. The lowest BCUT2D eigenvalue weighted by Crippen LogP contribution is -1.99. The summed E-state index contributed by atoms with van der Waals surface area (Å²) in [5.74, 6) is 0.490. The predicted molar refractivity (Wildman–Crippen MR) is 75.0 cm³/mol. The Labute approximate surface area is 118 Å². The maximum absolute atomic E-state index is 12.9. The van der Waals surface area contributed by atoms with Gasteiger partial charge in [-0.15, -0.1) is 0 Å². The first-order chi connectivity index (χ1) is 8.97. The molecule has 19 heavy (non-hydrogen) atoms. The second kappa shape index (κ2) is 5.40. The molecule has 0 fully saturated rings. The number of ketones is 1. The van der Waals surface area contributed by atoms with Crippen LogP contribution in [0.3, 0.4) is 0 Å². The monoisotopic (exact) mass is 323 g/mol. The average Bonchev–Trinajstić information content (AvgIpc) is 2.32. The van der Waals surface area contributed by atoms with E-state index in [4.69, 9.17) is 10.5 Å². The van der Waals surface area contributed by atoms with Crippen molar-refractivity contribution in [3.05, 3.63) is 52.3 Å². The molecule has 0 amide bonds. The molecule has 0 radical (unpaired) electrons. The summed E-state index contributed by atoms with van der Waals surface area (Å²) in [7, 11) is 0. The third-order valence-electron chi connectivity index (χ3n) is 2.52. The van der Waals surface area contributed by atoms with Crippen molar-refractivity contribution in [2.24, 2.45) is 0 Å². The number of carbonyl (C=O) groups excluding carboxylic acids is 1. The Morgan fingerprint density at radius 3 is 2.58 bits per heavy atom. The fraction of sp³-hybridized carbons (Fsp3) is 0.0714. The SMILES string of the molecule is CC(=O)c1ccc(Oc2ccc(F)cc2Br)cc1N. The highest BCUT2D eigenvalue weighted by molar-refractivity contribution is 9.10. The third-order valence-corrected chi connectivity index (χ3v) is 3.14. The van der Waals surface area contributed by atoms with Gasteiger partial charge in [0, 0.05) is 17.3 Å². The van der Waals surface area contributed by atoms with Gasteiger partial charge >= 0.3 is 0 Å². The highest BCUT2D eigenvalue weighted by atomic mass is 79.9. The fourth-order valence-electron chi connectivity index (χ4n) is 1.61. The summed E-state index contributed by atoms with van der Waals surface area (Å²) in [6.45, 7) is 1.45. The average molecular weight is 324 g/mol. The van der Waals surface area contributed by atoms with Crippen LogP contribution in [0, 0.1) is 5.82 Å². The van der Waals surface area contributed by atoms with Gasteiger partial charge in [0.15, 0.2) is 5.78 Å². The number of hydrogen-bond acceptors (Lipinski definition) is 3. The Bertz CT molecular complexity index is 643. The van der Waals surface area contributed by atoms with Gasteiger partial charge in [-0.1, -0.05) is 0 Å². The molecule has 2 aromatic carbocycles. The summed E-state index contributed by atoms with van der Waals surface area (Å²) in [6, 6.07) is 8.92. The molecule has 0 aliphatic carbocycles. The van der Waals surface area contributed by atoms with Crippen molar-refractivity contribution in [3.63, 3.8) is 0 Å². The molecule has 0 atom stereocenters. The number of nitrogens with two attached hydrogens (primary N) is 1. The van der Waals surface area contributed by atoms with E-state index in [9.17, 15) is 9.18 Å². The number of nitrogen functional groups attached to an aromatic ring is 1. The Kier molecular flexibility index (Phi) is 3.85. The summed E-state index contributed by atoms with van der Waals surface area (Å²) < 4.78 is 19.0. The molecule has 3 nitrogen and oxygen atoms in total. The molecule has 98 valence electrons. The number of hydrogen-bond donors (Lipinski definition) is 1. The summed E-state index contributed by atoms with van der Waals surface area (Å²) in [6.07, 6.45) is 0. The van der Waals surface area contributed by atoms with Gasteiger partial charge in [-0.2, -0.15) is 0 Å². The standard InChI is InChI=1S/C14H11BrFNO2/c1-8(18)11-4-3-10(7-13(11)17)19-14-5-2-9(16)6-12(14)15/h2-7H,17H2,1H3. The zero-order valence-electron chi connectivity index (χ0n) is 10.1. The Balaban J connectivity index is 2.29. The molecular weight excluding hydrogens is 313 g/mol. The predicted octanol–water partition coefficient (Wildman–Crippen LogP) is 4.17. The molecule has 2 aromatic rings. The van der Waals surface area contributed by atoms with Crippen LogP contribution in [-0.4, -0.2) is 5.78 Å². The Morgan fingerprint density at radius 1 is 1.26 bits per heavy atom. The van der Waals surface area contributed by atoms with Crippen molar-refractivity contribution in [2.75, 3.05) is 5.73 Å². The topological polar surface area (TPSA) is 52.3 Å². The second-order valence-corrected chi connectivity index (χ2v) is 4.84. The van der Waals surface area contributed by atoms with E-state index < -0.39 is 0 Å². The minimum absolute atomic E-state index is 0.105. The van der Waals surface area contributed by atoms with Crippen molar-refractivity contribution in [3.8, 4) is 11.5 Å². The number of rotatable bonds is 3. The van der Waals surface area contributed by atoms with Gasteiger partial charge in [0.1, 0.15) is 17.3 Å². The smallest absolute Gasteiger partial charge is 0.161 e. The highest BCUT2D eigenvalue weighted by Crippen LogP contribution is 2.31. The zero-order valence-corrected chi connectivity index (χ0v) is 11.7. The summed E-state index contributed by atoms with van der Waals surface area (Å²) in [5, 5.41) is 0. The van der Waals surface area contributed by atoms with Gasteiger partial charge in [0.25, 0.3) is 0 Å². The number of halogens is 2. The molecule has 0 unspecified atom stereocenters. The van der Waals surface area contributed by atoms with Gasteiger partial charge in [-0.25, -0.2) is 4.39 Å². The minimum atomic E-state index is -0.356. The van der Waals surface area contributed by atoms with Crippen LogP contribution in [0.1, 0.15) is 17.3 Å². The van der Waals surface area contributed by atoms with Crippen LogP contribution in [0.15, 0.2) is 40.9 Å². The molecule has 0 aliphatic heterocycles. The lowest BCUT2D eigenvalue weighted by atomic mass is 10.1. The number of benzene rings is 2. The van der Waals surface area contributed by atoms with E-state index in [1.165, 1.54) is 25.1 Å². The molecule has 2 rings (SSSR count). The number of anilines is 1. The summed E-state index contributed by atoms with van der Waals surface area (Å²) >= 11 is 3.21. The molecule has 5 heteroatoms. The number of Topliss-reactive ketones (excluding diaryl/α,β-unsaturated/α-hetero) is 1. The van der Waals surface area contributed by atoms with Gasteiger partial charge in [0.2, 0.25) is 0 Å². The van der Waals surface area contributed by atoms with Gasteiger partial charge in [-0.3, -0.25) is 4.79 Å². The van der Waals surface area contributed by atoms with Crippen molar-refractivity contribution in [1.29, 1.82) is 0 Å². The van der Waals surface area contributed by atoms with E-state index >= 15 is 0 Å². The van der Waals surface area contributed by atoms with E-state index in [0.29, 0.717) is 27.2 Å². The quantitative estimate of drug-likeness (QED) is 0.681. The van der Waals surface area contributed by atoms with E-state index in [1.54, 1.807) is 18.2 Å². The first kappa shape index (κ1) is 13.5. The highest BCUT2D eigenvalue weighted by Gasteiger charge is 2.08. The summed E-state index contributed by atoms with van der Waals surface area (Å²) in [5.41, 5.74) is 6.57. The number of carbonyl (C=O) groups is 1. The molecule has 0 saturated carbocycles. The van der Waals surface area contributed by atoms with Crippen LogP contribution < -0.4 is 10.5 Å². The van der Waals surface area contributed by atoms with Gasteiger partial charge in [-0.05, 0) is 53.2 Å². The summed E-state index contributed by atoms with van der Waals surface area (Å²) in [4.78, 5) is 11.3. The van der Waals surface area contributed by atoms with Crippen LogP contribution in [0.2, 0.25) is 0 Å². The third kappa shape index (κ3) is 3.12. The molecule has 0 spiro atoms. The maximum Gasteiger partial charge on any atom is 0.161 e. The van der Waals surface area contributed by atoms with E-state index in [-0.39, 0.29) is 11.6 Å². The Hall–Kier alpha value is -1.88. The van der Waals surface area contributed by atoms with E-state index in [1.807, 2.05) is 0 Å². The lowest BCUT2D eigenvalue weighted by Gasteiger charge is -2.09. The normalized spacial score (nSPS) is 10.3. The van der Waals surface area contributed by atoms with Gasteiger partial charge < -0.3 is 10.5 Å². The van der Waals surface area contributed by atoms with Crippen LogP contribution >= 0.6 is 15.9 Å². The van der Waals surface area contributed by atoms with Crippen molar-refractivity contribution in [2.45, 2.75) is 6.92 Å². The second-order valence-electron chi connectivity index (χ2n) is 3.98. The molecule has 0 saturated heterocycles. The van der Waals surface area contributed by atoms with Crippen LogP contribution in [0.25, 0.3) is 0 Å². The Morgan fingerprint density at radius 2 is 2.00 bits per heavy atom. The van der Waals surface area contributed by atoms with E-state index in [0.717, 1.165) is 0 Å². The van der Waals surface area contributed by atoms with Crippen LogP contribution in [0.5, 0.6) is 11.5 Å². The molecule has 0 heterocycles. The molecule has 0 aromatic heterocycles. The van der Waals surface area contributed by atoms with Crippen LogP contribution in [0.4, 0.5) is 10.1 Å². The van der Waals surface area contributed by atoms with Crippen LogP contribution in [-0.2, 0) is 0 Å². The van der Waals surface area contributed by atoms with Crippen molar-refractivity contribution >= 4 is 27.4 Å². The first-order valence-corrected chi connectivity index (χ1v) is 6.30. The van der Waals surface area contributed by atoms with Crippen molar-refractivity contribution < 1.29 is 13.9 Å². The first-order valence-electron chi connectivity index (χ1n) is 5.51. The van der Waals surface area contributed by atoms with Gasteiger partial charge in [0.05, 0.1) is 4.47 Å². The fourth-order valence-corrected chi connectivity index (χ4v) is 2.04. The maximum atomic E-state index is 12.9. The van der Waals surface area contributed by atoms with Crippen molar-refractivity contribution in [1.82, 2.24) is 0 Å². The molecular formula is C14H11BrFNO2. The lowest BCUT2D eigenvalue weighted by molar-refractivity contribution is 0.101. The molecule has 0 aliphatic rings. The van der Waals surface area contributed by atoms with E-state index in [2.05, 4.69) is 15.9 Å². The zero-order chi connectivity index (χ0) is 14.0. The molecule has 2 N–H and O–H groups in total. The largest absolute Gasteiger partial charge is 0.456 e. The molecule has 0 bridgehead atoms.